The molecule has 2 heterocycles. The van der Waals surface area contributed by atoms with Crippen molar-refractivity contribution in [2.24, 2.45) is 4.99 Å². The second-order valence-corrected chi connectivity index (χ2v) is 6.65. The molecule has 8 heteroatoms. The Bertz CT molecular complexity index is 733. The highest BCUT2D eigenvalue weighted by Crippen LogP contribution is 2.23. The van der Waals surface area contributed by atoms with Crippen molar-refractivity contribution in [1.29, 1.82) is 0 Å². The molecule has 29 heavy (non-hydrogen) atoms. The van der Waals surface area contributed by atoms with E-state index in [0.29, 0.717) is 19.7 Å². The zero-order valence-corrected chi connectivity index (χ0v) is 19.4. The summed E-state index contributed by atoms with van der Waals surface area (Å²) in [5.41, 5.74) is 0. The van der Waals surface area contributed by atoms with Gasteiger partial charge < -0.3 is 24.5 Å². The van der Waals surface area contributed by atoms with Gasteiger partial charge in [-0.1, -0.05) is 18.2 Å². The van der Waals surface area contributed by atoms with E-state index in [9.17, 15) is 0 Å². The van der Waals surface area contributed by atoms with Gasteiger partial charge in [-0.3, -0.25) is 9.89 Å². The molecule has 0 saturated carbocycles. The van der Waals surface area contributed by atoms with E-state index >= 15 is 0 Å². The van der Waals surface area contributed by atoms with Crippen LogP contribution in [-0.2, 0) is 4.74 Å². The zero-order valence-electron chi connectivity index (χ0n) is 17.1. The van der Waals surface area contributed by atoms with Crippen molar-refractivity contribution in [1.82, 2.24) is 15.5 Å². The number of aryl methyl sites for hydroxylation is 1. The number of hydrogen-bond donors (Lipinski definition) is 2. The molecule has 7 nitrogen and oxygen atoms in total. The molecule has 1 saturated heterocycles. The summed E-state index contributed by atoms with van der Waals surface area (Å²) in [5.74, 6) is 3.51. The average molecular weight is 514 g/mol. The molecule has 0 aliphatic carbocycles. The van der Waals surface area contributed by atoms with Crippen molar-refractivity contribution in [3.63, 3.8) is 0 Å². The van der Waals surface area contributed by atoms with E-state index < -0.39 is 0 Å². The summed E-state index contributed by atoms with van der Waals surface area (Å²) in [4.78, 5) is 6.70. The number of guanidine groups is 1. The maximum atomic E-state index is 5.91. The summed E-state index contributed by atoms with van der Waals surface area (Å²) in [6, 6.07) is 14.0. The first-order valence-electron chi connectivity index (χ1n) is 9.77. The van der Waals surface area contributed by atoms with E-state index in [-0.39, 0.29) is 30.0 Å². The molecule has 0 amide bonds. The van der Waals surface area contributed by atoms with E-state index in [2.05, 4.69) is 26.6 Å². The molecule has 1 unspecified atom stereocenters. The highest BCUT2D eigenvalue weighted by atomic mass is 127. The third kappa shape index (κ3) is 7.52. The number of para-hydroxylation sites is 1. The van der Waals surface area contributed by atoms with Crippen molar-refractivity contribution >= 4 is 29.9 Å². The summed E-state index contributed by atoms with van der Waals surface area (Å²) in [5, 5.41) is 6.71. The molecule has 3 rings (SSSR count). The number of morpholine rings is 1. The number of halogens is 1. The third-order valence-electron chi connectivity index (χ3n) is 4.67. The lowest BCUT2D eigenvalue weighted by Gasteiger charge is -2.33. The molecule has 160 valence electrons. The first-order chi connectivity index (χ1) is 13.8. The number of benzene rings is 1. The molecular weight excluding hydrogens is 483 g/mol. The summed E-state index contributed by atoms with van der Waals surface area (Å²) < 4.78 is 17.1. The van der Waals surface area contributed by atoms with Gasteiger partial charge in [-0.2, -0.15) is 0 Å². The molecule has 1 aliphatic heterocycles. The number of nitrogens with zero attached hydrogens (tertiary/aromatic N) is 2. The van der Waals surface area contributed by atoms with Gasteiger partial charge in [-0.25, -0.2) is 0 Å². The number of rotatable bonds is 8. The Morgan fingerprint density at radius 1 is 1.14 bits per heavy atom. The minimum Gasteiger partial charge on any atom is -0.492 e. The van der Waals surface area contributed by atoms with Gasteiger partial charge in [0.25, 0.3) is 0 Å². The lowest BCUT2D eigenvalue weighted by atomic mass is 10.1. The second kappa shape index (κ2) is 12.7. The van der Waals surface area contributed by atoms with Gasteiger partial charge in [-0.05, 0) is 31.2 Å². The van der Waals surface area contributed by atoms with Crippen molar-refractivity contribution in [2.75, 3.05) is 53.0 Å². The molecule has 2 N–H and O–H groups in total. The molecule has 0 radical (unpaired) electrons. The average Bonchev–Trinajstić information content (AvgIpc) is 3.17. The van der Waals surface area contributed by atoms with Crippen LogP contribution >= 0.6 is 24.0 Å². The van der Waals surface area contributed by atoms with Crippen LogP contribution in [0.4, 0.5) is 0 Å². The Kier molecular flexibility index (Phi) is 10.3. The monoisotopic (exact) mass is 514 g/mol. The van der Waals surface area contributed by atoms with Gasteiger partial charge in [0, 0.05) is 26.7 Å². The second-order valence-electron chi connectivity index (χ2n) is 6.65. The third-order valence-corrected chi connectivity index (χ3v) is 4.67. The molecule has 0 bridgehead atoms. The molecule has 1 atom stereocenters. The summed E-state index contributed by atoms with van der Waals surface area (Å²) in [6.07, 6.45) is 0. The summed E-state index contributed by atoms with van der Waals surface area (Å²) in [6.45, 7) is 7.18. The van der Waals surface area contributed by atoms with Gasteiger partial charge in [0.15, 0.2) is 5.96 Å². The van der Waals surface area contributed by atoms with Gasteiger partial charge in [0.1, 0.15) is 23.9 Å². The fraction of sp³-hybridized carbons (Fsp3) is 0.476. The molecule has 1 aromatic carbocycles. The van der Waals surface area contributed by atoms with E-state index in [0.717, 1.165) is 49.5 Å². The van der Waals surface area contributed by atoms with Crippen molar-refractivity contribution in [2.45, 2.75) is 13.0 Å². The fourth-order valence-electron chi connectivity index (χ4n) is 3.20. The number of hydrogen-bond acceptors (Lipinski definition) is 5. The minimum atomic E-state index is 0. The molecular formula is C21H31IN4O3. The van der Waals surface area contributed by atoms with Crippen molar-refractivity contribution in [3.05, 3.63) is 54.0 Å². The molecule has 0 spiro atoms. The smallest absolute Gasteiger partial charge is 0.191 e. The Balaban J connectivity index is 0.00000300. The van der Waals surface area contributed by atoms with Crippen LogP contribution in [0.5, 0.6) is 5.75 Å². The Hall–Kier alpha value is -1.78. The number of aliphatic imine (C=N–C) groups is 1. The van der Waals surface area contributed by atoms with Crippen LogP contribution in [0.2, 0.25) is 0 Å². The lowest BCUT2D eigenvalue weighted by molar-refractivity contribution is 0.0124. The Morgan fingerprint density at radius 2 is 1.90 bits per heavy atom. The van der Waals surface area contributed by atoms with Crippen LogP contribution < -0.4 is 15.4 Å². The fourth-order valence-corrected chi connectivity index (χ4v) is 3.20. The number of ether oxygens (including phenoxy) is 2. The number of furan rings is 1. The minimum absolute atomic E-state index is 0. The van der Waals surface area contributed by atoms with Gasteiger partial charge in [0.05, 0.1) is 25.8 Å². The molecule has 1 aliphatic rings. The standard InChI is InChI=1S/C21H30N4O3.HI/c1-17-8-9-20(28-17)19(25-11-14-26-15-12-25)16-24-21(22-2)23-10-13-27-18-6-4-3-5-7-18;/h3-9,19H,10-16H2,1-2H3,(H2,22,23,24);1H. The first kappa shape index (κ1) is 23.5. The van der Waals surface area contributed by atoms with E-state index in [1.165, 1.54) is 0 Å². The van der Waals surface area contributed by atoms with Crippen LogP contribution in [-0.4, -0.2) is 63.9 Å². The van der Waals surface area contributed by atoms with Crippen LogP contribution in [0.3, 0.4) is 0 Å². The van der Waals surface area contributed by atoms with Gasteiger partial charge in [0.2, 0.25) is 0 Å². The van der Waals surface area contributed by atoms with Crippen LogP contribution in [0.15, 0.2) is 51.9 Å². The largest absolute Gasteiger partial charge is 0.492 e. The van der Waals surface area contributed by atoms with Crippen LogP contribution in [0, 0.1) is 6.92 Å². The maximum Gasteiger partial charge on any atom is 0.191 e. The molecule has 1 fully saturated rings. The highest BCUT2D eigenvalue weighted by Gasteiger charge is 2.25. The van der Waals surface area contributed by atoms with E-state index in [4.69, 9.17) is 13.9 Å². The van der Waals surface area contributed by atoms with Crippen LogP contribution in [0.1, 0.15) is 17.6 Å². The zero-order chi connectivity index (χ0) is 19.6. The topological polar surface area (TPSA) is 71.3 Å². The molecule has 2 aromatic rings. The quantitative estimate of drug-likeness (QED) is 0.245. The van der Waals surface area contributed by atoms with Crippen LogP contribution in [0.25, 0.3) is 0 Å². The van der Waals surface area contributed by atoms with Crippen molar-refractivity contribution < 1.29 is 13.9 Å². The first-order valence-corrected chi connectivity index (χ1v) is 9.77. The SMILES string of the molecule is CN=C(NCCOc1ccccc1)NCC(c1ccc(C)o1)N1CCOCC1.I. The maximum absolute atomic E-state index is 5.91. The normalized spacial score (nSPS) is 16.0. The van der Waals surface area contributed by atoms with Gasteiger partial charge >= 0.3 is 0 Å². The summed E-state index contributed by atoms with van der Waals surface area (Å²) in [7, 11) is 1.77. The Morgan fingerprint density at radius 3 is 2.55 bits per heavy atom. The molecule has 1 aromatic heterocycles. The number of nitrogens with one attached hydrogen (secondary N) is 2. The van der Waals surface area contributed by atoms with Crippen molar-refractivity contribution in [3.8, 4) is 5.75 Å². The van der Waals surface area contributed by atoms with E-state index in [1.807, 2.05) is 43.3 Å². The highest BCUT2D eigenvalue weighted by molar-refractivity contribution is 14.0. The lowest BCUT2D eigenvalue weighted by Crippen LogP contribution is -2.46. The predicted molar refractivity (Wildman–Crippen MR) is 125 cm³/mol. The Labute approximate surface area is 189 Å². The van der Waals surface area contributed by atoms with E-state index in [1.54, 1.807) is 7.05 Å². The predicted octanol–water partition coefficient (Wildman–Crippen LogP) is 2.82. The van der Waals surface area contributed by atoms with Gasteiger partial charge in [-0.15, -0.1) is 24.0 Å². The summed E-state index contributed by atoms with van der Waals surface area (Å²) >= 11 is 0.